The number of amides is 2. The molecule has 2 N–H and O–H groups in total. The normalized spacial score (nSPS) is 15.5. The number of hydrazine groups is 1. The Bertz CT molecular complexity index is 1090. The molecule has 8 heteroatoms. The average Bonchev–Trinajstić information content (AvgIpc) is 3.20. The van der Waals surface area contributed by atoms with Gasteiger partial charge in [-0.3, -0.25) is 20.4 Å². The number of hydrogen-bond acceptors (Lipinski definition) is 4. The number of rotatable bonds is 7. The summed E-state index contributed by atoms with van der Waals surface area (Å²) in [4.78, 5) is 26.5. The zero-order chi connectivity index (χ0) is 22.5. The number of nitrogens with zero attached hydrogens (tertiary/aromatic N) is 1. The zero-order valence-corrected chi connectivity index (χ0v) is 18.6. The quantitative estimate of drug-likeness (QED) is 0.465. The molecule has 0 unspecified atom stereocenters. The van der Waals surface area contributed by atoms with Crippen molar-refractivity contribution < 1.29 is 18.7 Å². The molecule has 1 aliphatic heterocycles. The van der Waals surface area contributed by atoms with Gasteiger partial charge < -0.3 is 9.64 Å². The first kappa shape index (κ1) is 21.8. The highest BCUT2D eigenvalue weighted by Crippen LogP contribution is 2.26. The molecule has 0 saturated carbocycles. The molecule has 164 valence electrons. The van der Waals surface area contributed by atoms with Gasteiger partial charge in [0.05, 0.1) is 11.6 Å². The van der Waals surface area contributed by atoms with Crippen LogP contribution in [-0.4, -0.2) is 18.4 Å². The maximum atomic E-state index is 13.0. The third kappa shape index (κ3) is 5.45. The van der Waals surface area contributed by atoms with Crippen molar-refractivity contribution in [2.24, 2.45) is 5.92 Å². The Balaban J connectivity index is 1.26. The van der Waals surface area contributed by atoms with Crippen LogP contribution in [0, 0.1) is 11.7 Å². The predicted octanol–water partition coefficient (Wildman–Crippen LogP) is 4.66. The van der Waals surface area contributed by atoms with E-state index in [1.54, 1.807) is 41.3 Å². The number of hydrogen-bond donors (Lipinski definition) is 2. The van der Waals surface area contributed by atoms with Gasteiger partial charge in [-0.1, -0.05) is 28.1 Å². The molecule has 1 heterocycles. The number of nitrogens with one attached hydrogen (secondary N) is 2. The fourth-order valence-corrected chi connectivity index (χ4v) is 3.64. The first-order valence-corrected chi connectivity index (χ1v) is 10.9. The summed E-state index contributed by atoms with van der Waals surface area (Å²) in [6, 6.07) is 20.6. The Hall–Kier alpha value is -3.39. The standard InChI is InChI=1S/C24H21BrFN3O3/c25-18-3-9-21(10-4-18)29-14-17(13-23(29)30)24(31)28-27-20-7-11-22(12-8-20)32-15-16-1-5-19(26)6-2-16/h1-12,17,27H,13-15H2,(H,28,31)/t17-/m1/s1. The van der Waals surface area contributed by atoms with E-state index in [9.17, 15) is 14.0 Å². The fourth-order valence-electron chi connectivity index (χ4n) is 3.37. The van der Waals surface area contributed by atoms with E-state index >= 15 is 0 Å². The van der Waals surface area contributed by atoms with E-state index in [1.807, 2.05) is 24.3 Å². The van der Waals surface area contributed by atoms with Gasteiger partial charge in [0.1, 0.15) is 18.2 Å². The smallest absolute Gasteiger partial charge is 0.243 e. The molecule has 0 radical (unpaired) electrons. The van der Waals surface area contributed by atoms with Crippen molar-refractivity contribution in [3.05, 3.63) is 88.6 Å². The maximum absolute atomic E-state index is 13.0. The van der Waals surface area contributed by atoms with Crippen molar-refractivity contribution in [2.75, 3.05) is 16.9 Å². The molecule has 4 rings (SSSR count). The third-order valence-corrected chi connectivity index (χ3v) is 5.67. The van der Waals surface area contributed by atoms with Gasteiger partial charge in [-0.2, -0.15) is 0 Å². The summed E-state index contributed by atoms with van der Waals surface area (Å²) in [7, 11) is 0. The molecule has 32 heavy (non-hydrogen) atoms. The number of anilines is 2. The molecule has 0 bridgehead atoms. The van der Waals surface area contributed by atoms with Crippen LogP contribution in [0.3, 0.4) is 0 Å². The number of carbonyl (C=O) groups is 2. The van der Waals surface area contributed by atoms with Gasteiger partial charge in [0.15, 0.2) is 0 Å². The van der Waals surface area contributed by atoms with E-state index in [4.69, 9.17) is 4.74 Å². The minimum absolute atomic E-state index is 0.0740. The van der Waals surface area contributed by atoms with Crippen LogP contribution in [0.2, 0.25) is 0 Å². The lowest BCUT2D eigenvalue weighted by atomic mass is 10.1. The second kappa shape index (κ2) is 9.82. The average molecular weight is 498 g/mol. The SMILES string of the molecule is O=C(NNc1ccc(OCc2ccc(F)cc2)cc1)[C@@H]1CC(=O)N(c2ccc(Br)cc2)C1. The fraction of sp³-hybridized carbons (Fsp3) is 0.167. The van der Waals surface area contributed by atoms with Gasteiger partial charge >= 0.3 is 0 Å². The third-order valence-electron chi connectivity index (χ3n) is 5.14. The first-order chi connectivity index (χ1) is 15.5. The van der Waals surface area contributed by atoms with Crippen LogP contribution in [0.1, 0.15) is 12.0 Å². The highest BCUT2D eigenvalue weighted by atomic mass is 79.9. The van der Waals surface area contributed by atoms with E-state index < -0.39 is 5.92 Å². The largest absolute Gasteiger partial charge is 0.489 e. The Labute approximate surface area is 193 Å². The second-order valence-electron chi connectivity index (χ2n) is 7.44. The van der Waals surface area contributed by atoms with Gasteiger partial charge in [0, 0.05) is 23.1 Å². The number of halogens is 2. The van der Waals surface area contributed by atoms with E-state index in [2.05, 4.69) is 26.8 Å². The summed E-state index contributed by atoms with van der Waals surface area (Å²) in [5, 5.41) is 0. The number of benzene rings is 3. The molecule has 0 spiro atoms. The summed E-state index contributed by atoms with van der Waals surface area (Å²) in [5.41, 5.74) is 7.87. The summed E-state index contributed by atoms with van der Waals surface area (Å²) in [5.74, 6) is -0.381. The van der Waals surface area contributed by atoms with E-state index in [-0.39, 0.29) is 24.1 Å². The van der Waals surface area contributed by atoms with Crippen LogP contribution >= 0.6 is 15.9 Å². The molecule has 1 aliphatic rings. The molecular formula is C24H21BrFN3O3. The molecule has 1 atom stereocenters. The number of ether oxygens (including phenoxy) is 1. The molecule has 0 aliphatic carbocycles. The van der Waals surface area contributed by atoms with E-state index in [1.165, 1.54) is 12.1 Å². The lowest BCUT2D eigenvalue weighted by Gasteiger charge is -2.17. The molecule has 6 nitrogen and oxygen atoms in total. The molecule has 0 aromatic heterocycles. The molecule has 3 aromatic rings. The second-order valence-corrected chi connectivity index (χ2v) is 8.35. The highest BCUT2D eigenvalue weighted by molar-refractivity contribution is 9.10. The lowest BCUT2D eigenvalue weighted by molar-refractivity contribution is -0.125. The predicted molar refractivity (Wildman–Crippen MR) is 124 cm³/mol. The highest BCUT2D eigenvalue weighted by Gasteiger charge is 2.35. The molecule has 1 saturated heterocycles. The van der Waals surface area contributed by atoms with Gasteiger partial charge in [0.2, 0.25) is 11.8 Å². The summed E-state index contributed by atoms with van der Waals surface area (Å²) in [6.45, 7) is 0.665. The van der Waals surface area contributed by atoms with Crippen LogP contribution in [0.4, 0.5) is 15.8 Å². The van der Waals surface area contributed by atoms with Crippen LogP contribution in [0.5, 0.6) is 5.75 Å². The first-order valence-electron chi connectivity index (χ1n) is 10.1. The van der Waals surface area contributed by atoms with Crippen molar-refractivity contribution in [1.82, 2.24) is 5.43 Å². The van der Waals surface area contributed by atoms with Gasteiger partial charge in [-0.25, -0.2) is 4.39 Å². The summed E-state index contributed by atoms with van der Waals surface area (Å²) in [6.07, 6.45) is 0.166. The van der Waals surface area contributed by atoms with E-state index in [0.717, 1.165) is 15.7 Å². The van der Waals surface area contributed by atoms with Crippen LogP contribution in [-0.2, 0) is 16.2 Å². The molecule has 1 fully saturated rings. The van der Waals surface area contributed by atoms with Crippen LogP contribution in [0.15, 0.2) is 77.3 Å². The van der Waals surface area contributed by atoms with Gasteiger partial charge in [-0.05, 0) is 66.2 Å². The van der Waals surface area contributed by atoms with Crippen molar-refractivity contribution in [1.29, 1.82) is 0 Å². The minimum Gasteiger partial charge on any atom is -0.489 e. The maximum Gasteiger partial charge on any atom is 0.243 e. The van der Waals surface area contributed by atoms with Crippen molar-refractivity contribution in [3.63, 3.8) is 0 Å². The summed E-state index contributed by atoms with van der Waals surface area (Å²) < 4.78 is 19.6. The number of carbonyl (C=O) groups excluding carboxylic acids is 2. The Morgan fingerprint density at radius 1 is 1.03 bits per heavy atom. The van der Waals surface area contributed by atoms with Crippen LogP contribution < -0.4 is 20.5 Å². The minimum atomic E-state index is -0.433. The Morgan fingerprint density at radius 3 is 2.41 bits per heavy atom. The Morgan fingerprint density at radius 2 is 1.72 bits per heavy atom. The monoisotopic (exact) mass is 497 g/mol. The van der Waals surface area contributed by atoms with Gasteiger partial charge in [0.25, 0.3) is 0 Å². The molecule has 2 amide bonds. The van der Waals surface area contributed by atoms with Crippen molar-refractivity contribution in [3.8, 4) is 5.75 Å². The lowest BCUT2D eigenvalue weighted by Crippen LogP contribution is -2.36. The topological polar surface area (TPSA) is 70.7 Å². The Kier molecular flexibility index (Phi) is 6.70. The molecule has 3 aromatic carbocycles. The van der Waals surface area contributed by atoms with Gasteiger partial charge in [-0.15, -0.1) is 0 Å². The summed E-state index contributed by atoms with van der Waals surface area (Å²) >= 11 is 3.38. The van der Waals surface area contributed by atoms with Crippen molar-refractivity contribution in [2.45, 2.75) is 13.0 Å². The zero-order valence-electron chi connectivity index (χ0n) is 17.1. The molecular weight excluding hydrogens is 477 g/mol. The van der Waals surface area contributed by atoms with Crippen molar-refractivity contribution >= 4 is 39.1 Å². The van der Waals surface area contributed by atoms with E-state index in [0.29, 0.717) is 24.6 Å². The van der Waals surface area contributed by atoms with Crippen LogP contribution in [0.25, 0.3) is 0 Å².